The smallest absolute Gasteiger partial charge is 0.238 e. The van der Waals surface area contributed by atoms with Crippen molar-refractivity contribution in [1.29, 1.82) is 0 Å². The van der Waals surface area contributed by atoms with E-state index in [2.05, 4.69) is 5.32 Å². The largest absolute Gasteiger partial charge is 0.385 e. The summed E-state index contributed by atoms with van der Waals surface area (Å²) in [6, 6.07) is 0. The van der Waals surface area contributed by atoms with Crippen molar-refractivity contribution in [3.63, 3.8) is 0 Å². The molecule has 0 heterocycles. The third kappa shape index (κ3) is 4.65. The summed E-state index contributed by atoms with van der Waals surface area (Å²) in [5, 5.41) is 3.36. The zero-order valence-corrected chi connectivity index (χ0v) is 13.1. The Bertz CT molecular complexity index is 276. The molecule has 0 aliphatic heterocycles. The molecule has 0 aromatic carbocycles. The number of methoxy groups -OCH3 is 1. The predicted octanol–water partition coefficient (Wildman–Crippen LogP) is 1.78. The first kappa shape index (κ1) is 16.8. The summed E-state index contributed by atoms with van der Waals surface area (Å²) in [6.07, 6.45) is 5.30. The molecule has 19 heavy (non-hydrogen) atoms. The monoisotopic (exact) mass is 288 g/mol. The zero-order chi connectivity index (χ0) is 14.1. The first-order valence-electron chi connectivity index (χ1n) is 7.29. The van der Waals surface area contributed by atoms with Gasteiger partial charge < -0.3 is 15.8 Å². The highest BCUT2D eigenvalue weighted by atomic mass is 32.2. The summed E-state index contributed by atoms with van der Waals surface area (Å²) in [5.74, 6) is 2.47. The Morgan fingerprint density at radius 1 is 1.53 bits per heavy atom. The maximum Gasteiger partial charge on any atom is 0.238 e. The fraction of sp³-hybridized carbons (Fsp3) is 0.929. The van der Waals surface area contributed by atoms with Gasteiger partial charge in [-0.3, -0.25) is 4.79 Å². The Morgan fingerprint density at radius 2 is 2.32 bits per heavy atom. The van der Waals surface area contributed by atoms with Crippen LogP contribution in [-0.2, 0) is 9.53 Å². The molecule has 0 aromatic rings. The Kier molecular flexibility index (Phi) is 7.80. The van der Waals surface area contributed by atoms with Gasteiger partial charge >= 0.3 is 0 Å². The lowest BCUT2D eigenvalue weighted by Gasteiger charge is -2.33. The lowest BCUT2D eigenvalue weighted by atomic mass is 9.84. The van der Waals surface area contributed by atoms with Gasteiger partial charge in [-0.15, -0.1) is 0 Å². The first-order chi connectivity index (χ1) is 9.17. The third-order valence-corrected chi connectivity index (χ3v) is 5.10. The second-order valence-electron chi connectivity index (χ2n) is 5.20. The predicted molar refractivity (Wildman–Crippen MR) is 81.4 cm³/mol. The van der Waals surface area contributed by atoms with Crippen molar-refractivity contribution in [2.45, 2.75) is 44.6 Å². The standard InChI is InChI=1S/C14H28N2O2S/c1-3-16-14(13(15)17)8-4-6-12(14)7-11-19-10-5-9-18-2/h12,16H,3-11H2,1-2H3,(H2,15,17). The number of amides is 1. The summed E-state index contributed by atoms with van der Waals surface area (Å²) >= 11 is 1.95. The molecule has 5 heteroatoms. The lowest BCUT2D eigenvalue weighted by Crippen LogP contribution is -2.57. The molecule has 0 aromatic heterocycles. The van der Waals surface area contributed by atoms with Crippen LogP contribution in [0.25, 0.3) is 0 Å². The molecule has 1 saturated carbocycles. The molecule has 1 aliphatic carbocycles. The Labute approximate surface area is 121 Å². The molecular weight excluding hydrogens is 260 g/mol. The molecule has 112 valence electrons. The third-order valence-electron chi connectivity index (χ3n) is 4.00. The number of nitrogens with two attached hydrogens (primary N) is 1. The number of ether oxygens (including phenoxy) is 1. The van der Waals surface area contributed by atoms with Crippen molar-refractivity contribution >= 4 is 17.7 Å². The van der Waals surface area contributed by atoms with Crippen molar-refractivity contribution in [2.24, 2.45) is 11.7 Å². The van der Waals surface area contributed by atoms with E-state index in [9.17, 15) is 4.79 Å². The van der Waals surface area contributed by atoms with Crippen molar-refractivity contribution in [2.75, 3.05) is 31.8 Å². The van der Waals surface area contributed by atoms with E-state index in [1.165, 1.54) is 0 Å². The SMILES string of the molecule is CCNC1(C(N)=O)CCCC1CCSCCCOC. The van der Waals surface area contributed by atoms with Gasteiger partial charge in [-0.05, 0) is 49.7 Å². The van der Waals surface area contributed by atoms with Crippen LogP contribution in [0.3, 0.4) is 0 Å². The van der Waals surface area contributed by atoms with E-state index in [1.54, 1.807) is 7.11 Å². The van der Waals surface area contributed by atoms with Gasteiger partial charge in [0.15, 0.2) is 0 Å². The van der Waals surface area contributed by atoms with Crippen LogP contribution in [-0.4, -0.2) is 43.2 Å². The van der Waals surface area contributed by atoms with Crippen LogP contribution in [0, 0.1) is 5.92 Å². The van der Waals surface area contributed by atoms with Crippen LogP contribution in [0.4, 0.5) is 0 Å². The summed E-state index contributed by atoms with van der Waals surface area (Å²) in [6.45, 7) is 3.68. The first-order valence-corrected chi connectivity index (χ1v) is 8.44. The molecule has 1 amide bonds. The van der Waals surface area contributed by atoms with Crippen molar-refractivity contribution in [3.8, 4) is 0 Å². The minimum absolute atomic E-state index is 0.166. The van der Waals surface area contributed by atoms with E-state index in [4.69, 9.17) is 10.5 Å². The molecule has 0 spiro atoms. The van der Waals surface area contributed by atoms with E-state index in [-0.39, 0.29) is 5.91 Å². The number of thioether (sulfide) groups is 1. The van der Waals surface area contributed by atoms with Crippen molar-refractivity contribution < 1.29 is 9.53 Å². The molecule has 0 radical (unpaired) electrons. The van der Waals surface area contributed by atoms with Gasteiger partial charge in [0, 0.05) is 13.7 Å². The van der Waals surface area contributed by atoms with E-state index in [0.717, 1.165) is 56.8 Å². The Balaban J connectivity index is 2.36. The van der Waals surface area contributed by atoms with Crippen LogP contribution in [0.15, 0.2) is 0 Å². The molecule has 2 unspecified atom stereocenters. The molecule has 1 aliphatic rings. The number of carbonyl (C=O) groups excluding carboxylic acids is 1. The van der Waals surface area contributed by atoms with E-state index < -0.39 is 5.54 Å². The van der Waals surface area contributed by atoms with Crippen LogP contribution < -0.4 is 11.1 Å². The van der Waals surface area contributed by atoms with Gasteiger partial charge in [0.05, 0.1) is 0 Å². The number of primary amides is 1. The van der Waals surface area contributed by atoms with E-state index in [0.29, 0.717) is 5.92 Å². The highest BCUT2D eigenvalue weighted by Gasteiger charge is 2.46. The highest BCUT2D eigenvalue weighted by Crippen LogP contribution is 2.38. The number of nitrogens with one attached hydrogen (secondary N) is 1. The molecule has 4 nitrogen and oxygen atoms in total. The number of likely N-dealkylation sites (N-methyl/N-ethyl adjacent to an activating group) is 1. The van der Waals surface area contributed by atoms with Gasteiger partial charge in [0.2, 0.25) is 5.91 Å². The fourth-order valence-electron chi connectivity index (χ4n) is 3.06. The maximum absolute atomic E-state index is 11.8. The molecular formula is C14H28N2O2S. The van der Waals surface area contributed by atoms with E-state index >= 15 is 0 Å². The molecule has 0 bridgehead atoms. The van der Waals surface area contributed by atoms with Crippen LogP contribution >= 0.6 is 11.8 Å². The van der Waals surface area contributed by atoms with E-state index in [1.807, 2.05) is 18.7 Å². The second kappa shape index (κ2) is 8.82. The normalized spacial score (nSPS) is 26.7. The van der Waals surface area contributed by atoms with Gasteiger partial charge in [0.25, 0.3) is 0 Å². The molecule has 2 atom stereocenters. The van der Waals surface area contributed by atoms with Crippen molar-refractivity contribution in [3.05, 3.63) is 0 Å². The second-order valence-corrected chi connectivity index (χ2v) is 6.43. The van der Waals surface area contributed by atoms with Crippen LogP contribution in [0.1, 0.15) is 39.0 Å². The molecule has 3 N–H and O–H groups in total. The minimum atomic E-state index is -0.443. The van der Waals surface area contributed by atoms with Crippen LogP contribution in [0.2, 0.25) is 0 Å². The van der Waals surface area contributed by atoms with Gasteiger partial charge in [-0.1, -0.05) is 13.3 Å². The summed E-state index contributed by atoms with van der Waals surface area (Å²) in [4.78, 5) is 11.8. The summed E-state index contributed by atoms with van der Waals surface area (Å²) < 4.78 is 5.03. The van der Waals surface area contributed by atoms with Gasteiger partial charge in [0.1, 0.15) is 5.54 Å². The summed E-state index contributed by atoms with van der Waals surface area (Å²) in [7, 11) is 1.74. The number of hydrogen-bond acceptors (Lipinski definition) is 4. The number of rotatable bonds is 10. The Hall–Kier alpha value is -0.260. The minimum Gasteiger partial charge on any atom is -0.385 e. The van der Waals surface area contributed by atoms with Gasteiger partial charge in [-0.25, -0.2) is 0 Å². The van der Waals surface area contributed by atoms with Crippen LogP contribution in [0.5, 0.6) is 0 Å². The fourth-order valence-corrected chi connectivity index (χ4v) is 4.04. The maximum atomic E-state index is 11.8. The number of hydrogen-bond donors (Lipinski definition) is 2. The zero-order valence-electron chi connectivity index (χ0n) is 12.2. The van der Waals surface area contributed by atoms with Gasteiger partial charge in [-0.2, -0.15) is 11.8 Å². The van der Waals surface area contributed by atoms with Crippen molar-refractivity contribution in [1.82, 2.24) is 5.32 Å². The lowest BCUT2D eigenvalue weighted by molar-refractivity contribution is -0.125. The molecule has 1 rings (SSSR count). The highest BCUT2D eigenvalue weighted by molar-refractivity contribution is 7.99. The molecule has 1 fully saturated rings. The topological polar surface area (TPSA) is 64.3 Å². The average Bonchev–Trinajstić information content (AvgIpc) is 2.78. The quantitative estimate of drug-likeness (QED) is 0.602. The average molecular weight is 288 g/mol. The summed E-state index contributed by atoms with van der Waals surface area (Å²) in [5.41, 5.74) is 5.21. The number of carbonyl (C=O) groups is 1. The molecule has 0 saturated heterocycles. The Morgan fingerprint density at radius 3 is 2.95 bits per heavy atom.